The van der Waals surface area contributed by atoms with Crippen molar-refractivity contribution in [2.45, 2.75) is 13.3 Å². The highest BCUT2D eigenvalue weighted by Gasteiger charge is 1.95. The Bertz CT molecular complexity index is 305. The van der Waals surface area contributed by atoms with Crippen molar-refractivity contribution in [1.82, 2.24) is 0 Å². The summed E-state index contributed by atoms with van der Waals surface area (Å²) in [5, 5.41) is 9.33. The van der Waals surface area contributed by atoms with E-state index in [1.807, 2.05) is 37.3 Å². The number of aryl methyl sites for hydroxylation is 1. The van der Waals surface area contributed by atoms with E-state index < -0.39 is 0 Å². The Morgan fingerprint density at radius 1 is 1.46 bits per heavy atom. The molecule has 0 aliphatic heterocycles. The molecule has 0 aliphatic rings. The SMILES string of the molecule is Cc1ccc(C=CCCO)c(Cl)c1. The summed E-state index contributed by atoms with van der Waals surface area (Å²) in [5.41, 5.74) is 2.16. The molecule has 0 radical (unpaired) electrons. The summed E-state index contributed by atoms with van der Waals surface area (Å²) in [6.45, 7) is 2.19. The molecular formula is C11H13ClO. The first-order valence-corrected chi connectivity index (χ1v) is 4.65. The van der Waals surface area contributed by atoms with Crippen LogP contribution in [0.5, 0.6) is 0 Å². The van der Waals surface area contributed by atoms with Crippen LogP contribution in [0.4, 0.5) is 0 Å². The van der Waals surface area contributed by atoms with Gasteiger partial charge in [-0.15, -0.1) is 0 Å². The van der Waals surface area contributed by atoms with Crippen LogP contribution in [0.25, 0.3) is 6.08 Å². The van der Waals surface area contributed by atoms with Crippen molar-refractivity contribution >= 4 is 17.7 Å². The summed E-state index contributed by atoms with van der Waals surface area (Å²) in [6.07, 6.45) is 4.51. The third kappa shape index (κ3) is 3.21. The van der Waals surface area contributed by atoms with E-state index >= 15 is 0 Å². The van der Waals surface area contributed by atoms with E-state index in [0.717, 1.165) is 16.1 Å². The molecule has 70 valence electrons. The van der Waals surface area contributed by atoms with Crippen LogP contribution in [-0.4, -0.2) is 11.7 Å². The molecule has 0 aliphatic carbocycles. The maximum Gasteiger partial charge on any atom is 0.0480 e. The standard InChI is InChI=1S/C11H13ClO/c1-9-5-6-10(11(12)8-9)4-2-3-7-13/h2,4-6,8,13H,3,7H2,1H3. The summed E-state index contributed by atoms with van der Waals surface area (Å²) in [5.74, 6) is 0. The molecule has 0 atom stereocenters. The van der Waals surface area contributed by atoms with Crippen LogP contribution >= 0.6 is 11.6 Å². The van der Waals surface area contributed by atoms with Crippen molar-refractivity contribution < 1.29 is 5.11 Å². The molecule has 0 amide bonds. The highest BCUT2D eigenvalue weighted by Crippen LogP contribution is 2.18. The van der Waals surface area contributed by atoms with Gasteiger partial charge in [-0.25, -0.2) is 0 Å². The Morgan fingerprint density at radius 3 is 2.85 bits per heavy atom. The van der Waals surface area contributed by atoms with Crippen molar-refractivity contribution in [2.75, 3.05) is 6.61 Å². The van der Waals surface area contributed by atoms with Gasteiger partial charge in [0.15, 0.2) is 0 Å². The topological polar surface area (TPSA) is 20.2 Å². The second-order valence-corrected chi connectivity index (χ2v) is 3.35. The van der Waals surface area contributed by atoms with Crippen LogP contribution in [-0.2, 0) is 0 Å². The summed E-state index contributed by atoms with van der Waals surface area (Å²) in [7, 11) is 0. The number of halogens is 1. The molecule has 0 bridgehead atoms. The Kier molecular flexibility index (Phi) is 4.00. The lowest BCUT2D eigenvalue weighted by molar-refractivity contribution is 0.303. The first-order valence-electron chi connectivity index (χ1n) is 4.27. The van der Waals surface area contributed by atoms with Gasteiger partial charge < -0.3 is 5.11 Å². The Hall–Kier alpha value is -0.790. The molecule has 0 spiro atoms. The van der Waals surface area contributed by atoms with Crippen LogP contribution in [0.1, 0.15) is 17.5 Å². The van der Waals surface area contributed by atoms with Gasteiger partial charge >= 0.3 is 0 Å². The summed E-state index contributed by atoms with van der Waals surface area (Å²) in [4.78, 5) is 0. The Labute approximate surface area is 83.7 Å². The number of hydrogen-bond donors (Lipinski definition) is 1. The molecule has 1 N–H and O–H groups in total. The summed E-state index contributed by atoms with van der Waals surface area (Å²) < 4.78 is 0. The lowest BCUT2D eigenvalue weighted by Gasteiger charge is -1.99. The average Bonchev–Trinajstić information content (AvgIpc) is 2.09. The van der Waals surface area contributed by atoms with Gasteiger partial charge in [-0.3, -0.25) is 0 Å². The second-order valence-electron chi connectivity index (χ2n) is 2.94. The van der Waals surface area contributed by atoms with Gasteiger partial charge in [-0.05, 0) is 30.5 Å². The summed E-state index contributed by atoms with van der Waals surface area (Å²) in [6, 6.07) is 5.93. The zero-order chi connectivity index (χ0) is 9.68. The molecule has 1 rings (SSSR count). The maximum absolute atomic E-state index is 8.57. The fourth-order valence-electron chi connectivity index (χ4n) is 1.05. The molecule has 13 heavy (non-hydrogen) atoms. The van der Waals surface area contributed by atoms with Gasteiger partial charge in [0.25, 0.3) is 0 Å². The van der Waals surface area contributed by atoms with Crippen molar-refractivity contribution in [3.63, 3.8) is 0 Å². The minimum atomic E-state index is 0.181. The third-order valence-electron chi connectivity index (χ3n) is 1.75. The van der Waals surface area contributed by atoms with E-state index in [-0.39, 0.29) is 6.61 Å². The van der Waals surface area contributed by atoms with Gasteiger partial charge in [0.05, 0.1) is 0 Å². The molecule has 0 aromatic heterocycles. The van der Waals surface area contributed by atoms with Crippen molar-refractivity contribution in [3.8, 4) is 0 Å². The Morgan fingerprint density at radius 2 is 2.23 bits per heavy atom. The van der Waals surface area contributed by atoms with Crippen molar-refractivity contribution in [3.05, 3.63) is 40.4 Å². The largest absolute Gasteiger partial charge is 0.396 e. The maximum atomic E-state index is 8.57. The molecular weight excluding hydrogens is 184 g/mol. The van der Waals surface area contributed by atoms with Crippen molar-refractivity contribution in [1.29, 1.82) is 0 Å². The normalized spacial score (nSPS) is 11.0. The van der Waals surface area contributed by atoms with Crippen molar-refractivity contribution in [2.24, 2.45) is 0 Å². The quantitative estimate of drug-likeness (QED) is 0.788. The number of rotatable bonds is 3. The molecule has 2 heteroatoms. The molecule has 0 heterocycles. The van der Waals surface area contributed by atoms with E-state index in [1.54, 1.807) is 0 Å². The highest BCUT2D eigenvalue weighted by molar-refractivity contribution is 6.32. The van der Waals surface area contributed by atoms with Gasteiger partial charge in [0.1, 0.15) is 0 Å². The average molecular weight is 197 g/mol. The number of aliphatic hydroxyl groups is 1. The smallest absolute Gasteiger partial charge is 0.0480 e. The zero-order valence-electron chi connectivity index (χ0n) is 7.63. The molecule has 0 saturated heterocycles. The predicted molar refractivity (Wildman–Crippen MR) is 56.9 cm³/mol. The lowest BCUT2D eigenvalue weighted by Crippen LogP contribution is -1.79. The van der Waals surface area contributed by atoms with Gasteiger partial charge in [0, 0.05) is 11.6 Å². The fraction of sp³-hybridized carbons (Fsp3) is 0.273. The number of benzene rings is 1. The molecule has 1 aromatic carbocycles. The van der Waals surface area contributed by atoms with Crippen LogP contribution in [0.2, 0.25) is 5.02 Å². The van der Waals surface area contributed by atoms with E-state index in [1.165, 1.54) is 0 Å². The van der Waals surface area contributed by atoms with Crippen LogP contribution in [0.15, 0.2) is 24.3 Å². The molecule has 1 aromatic rings. The lowest BCUT2D eigenvalue weighted by atomic mass is 10.1. The minimum absolute atomic E-state index is 0.181. The van der Waals surface area contributed by atoms with Crippen LogP contribution in [0, 0.1) is 6.92 Å². The zero-order valence-corrected chi connectivity index (χ0v) is 8.38. The van der Waals surface area contributed by atoms with Gasteiger partial charge in [-0.1, -0.05) is 35.9 Å². The third-order valence-corrected chi connectivity index (χ3v) is 2.08. The van der Waals surface area contributed by atoms with E-state index in [4.69, 9.17) is 16.7 Å². The van der Waals surface area contributed by atoms with Gasteiger partial charge in [-0.2, -0.15) is 0 Å². The molecule has 0 unspecified atom stereocenters. The minimum Gasteiger partial charge on any atom is -0.396 e. The van der Waals surface area contributed by atoms with E-state index in [2.05, 4.69) is 0 Å². The second kappa shape index (κ2) is 5.05. The monoisotopic (exact) mass is 196 g/mol. The molecule has 1 nitrogen and oxygen atoms in total. The first kappa shape index (κ1) is 10.3. The Balaban J connectivity index is 2.77. The molecule has 0 saturated carbocycles. The van der Waals surface area contributed by atoms with E-state index in [0.29, 0.717) is 6.42 Å². The van der Waals surface area contributed by atoms with E-state index in [9.17, 15) is 0 Å². The van der Waals surface area contributed by atoms with Crippen LogP contribution in [0.3, 0.4) is 0 Å². The number of aliphatic hydroxyl groups excluding tert-OH is 1. The highest BCUT2D eigenvalue weighted by atomic mass is 35.5. The fourth-order valence-corrected chi connectivity index (χ4v) is 1.35. The first-order chi connectivity index (χ1) is 6.24. The molecule has 0 fully saturated rings. The predicted octanol–water partition coefficient (Wildman–Crippen LogP) is 3.04. The summed E-state index contributed by atoms with van der Waals surface area (Å²) >= 11 is 5.99. The number of hydrogen-bond acceptors (Lipinski definition) is 1. The van der Waals surface area contributed by atoms with Crippen LogP contribution < -0.4 is 0 Å². The van der Waals surface area contributed by atoms with Gasteiger partial charge in [0.2, 0.25) is 0 Å².